The summed E-state index contributed by atoms with van der Waals surface area (Å²) in [5.41, 5.74) is 6.57. The van der Waals surface area contributed by atoms with Gasteiger partial charge in [-0.3, -0.25) is 0 Å². The molecule has 0 radical (unpaired) electrons. The Bertz CT molecular complexity index is 527. The van der Waals surface area contributed by atoms with Gasteiger partial charge in [0.2, 0.25) is 0 Å². The van der Waals surface area contributed by atoms with Crippen LogP contribution in [0.2, 0.25) is 0 Å². The topological polar surface area (TPSA) is 44.5 Å². The number of nitrogens with two attached hydrogens (primary N) is 1. The minimum Gasteiger partial charge on any atom is -0.382 e. The van der Waals surface area contributed by atoms with E-state index in [9.17, 15) is 4.39 Å². The SMILES string of the molecule is COCCOCc1c(CN)sc2cccc(F)c12. The third-order valence-corrected chi connectivity index (χ3v) is 3.93. The van der Waals surface area contributed by atoms with E-state index in [0.717, 1.165) is 15.1 Å². The lowest BCUT2D eigenvalue weighted by atomic mass is 10.1. The zero-order valence-corrected chi connectivity index (χ0v) is 11.1. The first-order valence-corrected chi connectivity index (χ1v) is 6.55. The summed E-state index contributed by atoms with van der Waals surface area (Å²) in [4.78, 5) is 0.979. The Hall–Kier alpha value is -1.01. The van der Waals surface area contributed by atoms with E-state index in [1.54, 1.807) is 13.2 Å². The fraction of sp³-hybridized carbons (Fsp3) is 0.385. The van der Waals surface area contributed by atoms with E-state index in [0.29, 0.717) is 31.8 Å². The van der Waals surface area contributed by atoms with Gasteiger partial charge in [0.1, 0.15) is 5.82 Å². The second kappa shape index (κ2) is 6.24. The molecule has 0 aliphatic carbocycles. The Kier molecular flexibility index (Phi) is 4.66. The monoisotopic (exact) mass is 269 g/mol. The molecule has 2 aromatic rings. The molecule has 1 heterocycles. The van der Waals surface area contributed by atoms with Crippen LogP contribution in [0.1, 0.15) is 10.4 Å². The second-order valence-electron chi connectivity index (χ2n) is 3.87. The molecule has 1 aromatic carbocycles. The van der Waals surface area contributed by atoms with Gasteiger partial charge in [-0.25, -0.2) is 4.39 Å². The molecular formula is C13H16FNO2S. The number of thiophene rings is 1. The van der Waals surface area contributed by atoms with E-state index in [-0.39, 0.29) is 5.82 Å². The van der Waals surface area contributed by atoms with Crippen LogP contribution in [0.3, 0.4) is 0 Å². The van der Waals surface area contributed by atoms with Crippen LogP contribution in [0.15, 0.2) is 18.2 Å². The van der Waals surface area contributed by atoms with E-state index in [2.05, 4.69) is 0 Å². The van der Waals surface area contributed by atoms with Gasteiger partial charge in [0.15, 0.2) is 0 Å². The summed E-state index contributed by atoms with van der Waals surface area (Å²) < 4.78 is 25.2. The van der Waals surface area contributed by atoms with Gasteiger partial charge < -0.3 is 15.2 Å². The smallest absolute Gasteiger partial charge is 0.132 e. The Morgan fingerprint density at radius 1 is 1.33 bits per heavy atom. The Labute approximate surface area is 109 Å². The first kappa shape index (κ1) is 13.4. The average molecular weight is 269 g/mol. The van der Waals surface area contributed by atoms with Crippen molar-refractivity contribution >= 4 is 21.4 Å². The summed E-state index contributed by atoms with van der Waals surface area (Å²) in [5.74, 6) is -0.214. The summed E-state index contributed by atoms with van der Waals surface area (Å²) >= 11 is 1.53. The van der Waals surface area contributed by atoms with Crippen molar-refractivity contribution in [1.29, 1.82) is 0 Å². The van der Waals surface area contributed by atoms with Crippen LogP contribution >= 0.6 is 11.3 Å². The highest BCUT2D eigenvalue weighted by atomic mass is 32.1. The highest BCUT2D eigenvalue weighted by molar-refractivity contribution is 7.19. The zero-order chi connectivity index (χ0) is 13.0. The fourth-order valence-corrected chi connectivity index (χ4v) is 2.95. The van der Waals surface area contributed by atoms with Gasteiger partial charge in [0.05, 0.1) is 19.8 Å². The van der Waals surface area contributed by atoms with Gasteiger partial charge >= 0.3 is 0 Å². The molecule has 0 aliphatic heterocycles. The maximum absolute atomic E-state index is 13.9. The number of fused-ring (bicyclic) bond motifs is 1. The van der Waals surface area contributed by atoms with Crippen molar-refractivity contribution in [3.05, 3.63) is 34.5 Å². The number of benzene rings is 1. The molecule has 0 spiro atoms. The highest BCUT2D eigenvalue weighted by Gasteiger charge is 2.14. The molecule has 0 saturated carbocycles. The molecule has 3 nitrogen and oxygen atoms in total. The molecule has 0 saturated heterocycles. The van der Waals surface area contributed by atoms with Crippen LogP contribution < -0.4 is 5.73 Å². The third kappa shape index (κ3) is 2.70. The number of rotatable bonds is 6. The van der Waals surface area contributed by atoms with Crippen molar-refractivity contribution in [3.8, 4) is 0 Å². The van der Waals surface area contributed by atoms with E-state index >= 15 is 0 Å². The fourth-order valence-electron chi connectivity index (χ4n) is 1.85. The van der Waals surface area contributed by atoms with E-state index in [1.165, 1.54) is 17.4 Å². The maximum atomic E-state index is 13.9. The van der Waals surface area contributed by atoms with Crippen LogP contribution in [-0.4, -0.2) is 20.3 Å². The number of hydrogen-bond acceptors (Lipinski definition) is 4. The van der Waals surface area contributed by atoms with E-state index in [4.69, 9.17) is 15.2 Å². The molecule has 18 heavy (non-hydrogen) atoms. The van der Waals surface area contributed by atoms with Gasteiger partial charge in [-0.15, -0.1) is 11.3 Å². The second-order valence-corrected chi connectivity index (χ2v) is 5.00. The molecule has 2 N–H and O–H groups in total. The number of methoxy groups -OCH3 is 1. The summed E-state index contributed by atoms with van der Waals surface area (Å²) in [6.07, 6.45) is 0. The van der Waals surface area contributed by atoms with Gasteiger partial charge in [-0.05, 0) is 12.1 Å². The van der Waals surface area contributed by atoms with E-state index in [1.807, 2.05) is 6.07 Å². The molecular weight excluding hydrogens is 253 g/mol. The normalized spacial score (nSPS) is 11.3. The Balaban J connectivity index is 2.28. The lowest BCUT2D eigenvalue weighted by Crippen LogP contribution is -2.04. The molecule has 2 rings (SSSR count). The van der Waals surface area contributed by atoms with Crippen LogP contribution in [0.4, 0.5) is 4.39 Å². The lowest BCUT2D eigenvalue weighted by Gasteiger charge is -2.05. The predicted molar refractivity (Wildman–Crippen MR) is 71.2 cm³/mol. The molecule has 98 valence electrons. The minimum atomic E-state index is -0.214. The average Bonchev–Trinajstić information content (AvgIpc) is 2.74. The quantitative estimate of drug-likeness (QED) is 0.820. The van der Waals surface area contributed by atoms with Gasteiger partial charge in [0, 0.05) is 34.2 Å². The van der Waals surface area contributed by atoms with Crippen molar-refractivity contribution in [2.24, 2.45) is 5.73 Å². The molecule has 0 unspecified atom stereocenters. The minimum absolute atomic E-state index is 0.214. The van der Waals surface area contributed by atoms with Gasteiger partial charge in [0.25, 0.3) is 0 Å². The molecule has 0 atom stereocenters. The Morgan fingerprint density at radius 2 is 2.17 bits per heavy atom. The van der Waals surface area contributed by atoms with Crippen molar-refractivity contribution in [2.45, 2.75) is 13.2 Å². The van der Waals surface area contributed by atoms with Crippen molar-refractivity contribution in [3.63, 3.8) is 0 Å². The van der Waals surface area contributed by atoms with Crippen molar-refractivity contribution in [2.75, 3.05) is 20.3 Å². The molecule has 1 aromatic heterocycles. The standard InChI is InChI=1S/C13H16FNO2S/c1-16-5-6-17-8-9-12(7-15)18-11-4-2-3-10(14)13(9)11/h2-4H,5-8,15H2,1H3. The number of ether oxygens (including phenoxy) is 2. The van der Waals surface area contributed by atoms with Gasteiger partial charge in [-0.1, -0.05) is 6.07 Å². The van der Waals surface area contributed by atoms with Crippen LogP contribution in [0.25, 0.3) is 10.1 Å². The van der Waals surface area contributed by atoms with Crippen molar-refractivity contribution in [1.82, 2.24) is 0 Å². The van der Waals surface area contributed by atoms with Crippen LogP contribution in [0.5, 0.6) is 0 Å². The molecule has 0 amide bonds. The summed E-state index contributed by atoms with van der Waals surface area (Å²) in [5, 5.41) is 0.639. The molecule has 0 aliphatic rings. The first-order chi connectivity index (χ1) is 8.77. The highest BCUT2D eigenvalue weighted by Crippen LogP contribution is 2.33. The molecule has 0 fully saturated rings. The number of hydrogen-bond donors (Lipinski definition) is 1. The zero-order valence-electron chi connectivity index (χ0n) is 10.2. The maximum Gasteiger partial charge on any atom is 0.132 e. The first-order valence-electron chi connectivity index (χ1n) is 5.73. The van der Waals surface area contributed by atoms with Crippen molar-refractivity contribution < 1.29 is 13.9 Å². The predicted octanol–water partition coefficient (Wildman–Crippen LogP) is 2.66. The third-order valence-electron chi connectivity index (χ3n) is 2.71. The van der Waals surface area contributed by atoms with E-state index < -0.39 is 0 Å². The molecule has 5 heteroatoms. The largest absolute Gasteiger partial charge is 0.382 e. The molecule has 0 bridgehead atoms. The van der Waals surface area contributed by atoms with Gasteiger partial charge in [-0.2, -0.15) is 0 Å². The lowest BCUT2D eigenvalue weighted by molar-refractivity contribution is 0.0619. The summed E-state index contributed by atoms with van der Waals surface area (Å²) in [7, 11) is 1.62. The van der Waals surface area contributed by atoms with Crippen LogP contribution in [0, 0.1) is 5.82 Å². The summed E-state index contributed by atoms with van der Waals surface area (Å²) in [6.45, 7) is 1.80. The van der Waals surface area contributed by atoms with Crippen LogP contribution in [-0.2, 0) is 22.6 Å². The Morgan fingerprint density at radius 3 is 2.89 bits per heavy atom. The number of halogens is 1. The summed E-state index contributed by atoms with van der Waals surface area (Å²) in [6, 6.07) is 5.08.